The molecule has 2 heterocycles. The number of fused-ring (bicyclic) bond motifs is 1. The number of nitrogens with zero attached hydrogens (tertiary/aromatic N) is 2. The van der Waals surface area contributed by atoms with Gasteiger partial charge in [0.05, 0.1) is 12.6 Å². The third-order valence-corrected chi connectivity index (χ3v) is 5.74. The highest BCUT2D eigenvalue weighted by molar-refractivity contribution is 5.76. The average Bonchev–Trinajstić information content (AvgIpc) is 3.18. The zero-order valence-corrected chi connectivity index (χ0v) is 16.1. The van der Waals surface area contributed by atoms with Gasteiger partial charge >= 0.3 is 6.03 Å². The number of benzene rings is 1. The van der Waals surface area contributed by atoms with Crippen LogP contribution in [0.5, 0.6) is 5.75 Å². The van der Waals surface area contributed by atoms with Crippen LogP contribution in [0.4, 0.5) is 4.79 Å². The lowest BCUT2D eigenvalue weighted by atomic mass is 9.95. The summed E-state index contributed by atoms with van der Waals surface area (Å²) in [5.74, 6) is 0.866. The summed E-state index contributed by atoms with van der Waals surface area (Å²) in [6.45, 7) is 4.20. The Morgan fingerprint density at radius 2 is 1.89 bits per heavy atom. The lowest BCUT2D eigenvalue weighted by Crippen LogP contribution is -2.50. The van der Waals surface area contributed by atoms with E-state index < -0.39 is 0 Å². The van der Waals surface area contributed by atoms with Crippen LogP contribution in [0.15, 0.2) is 42.6 Å². The van der Waals surface area contributed by atoms with Crippen LogP contribution in [0.3, 0.4) is 0 Å². The summed E-state index contributed by atoms with van der Waals surface area (Å²) in [6, 6.07) is 12.7. The van der Waals surface area contributed by atoms with Crippen molar-refractivity contribution in [2.75, 3.05) is 13.2 Å². The van der Waals surface area contributed by atoms with Crippen LogP contribution in [0.2, 0.25) is 0 Å². The fraction of sp³-hybridized carbons (Fsp3) is 0.500. The second kappa shape index (κ2) is 8.07. The molecule has 0 saturated heterocycles. The molecule has 0 bridgehead atoms. The Bertz CT molecular complexity index is 762. The lowest BCUT2D eigenvalue weighted by molar-refractivity contribution is 0.162. The van der Waals surface area contributed by atoms with Gasteiger partial charge in [-0.3, -0.25) is 0 Å². The molecule has 2 amide bonds. The van der Waals surface area contributed by atoms with Crippen molar-refractivity contribution in [2.24, 2.45) is 0 Å². The van der Waals surface area contributed by atoms with E-state index in [1.165, 1.54) is 25.0 Å². The highest BCUT2D eigenvalue weighted by atomic mass is 16.5. The number of carbonyl (C=O) groups excluding carboxylic acids is 1. The predicted molar refractivity (Wildman–Crippen MR) is 106 cm³/mol. The Balaban J connectivity index is 1.58. The van der Waals surface area contributed by atoms with Crippen molar-refractivity contribution >= 4 is 6.03 Å². The summed E-state index contributed by atoms with van der Waals surface area (Å²) in [5, 5.41) is 3.30. The number of aromatic nitrogens is 1. The normalized spacial score (nSPS) is 20.2. The maximum Gasteiger partial charge on any atom is 0.318 e. The fourth-order valence-corrected chi connectivity index (χ4v) is 4.37. The molecule has 0 spiro atoms. The molecule has 1 N–H and O–H groups in total. The molecule has 1 atom stereocenters. The molecule has 5 nitrogen and oxygen atoms in total. The van der Waals surface area contributed by atoms with Gasteiger partial charge in [0.25, 0.3) is 0 Å². The number of hydrogen-bond donors (Lipinski definition) is 1. The van der Waals surface area contributed by atoms with Gasteiger partial charge in [0.2, 0.25) is 0 Å². The minimum atomic E-state index is -0.0620. The third-order valence-electron chi connectivity index (χ3n) is 5.74. The van der Waals surface area contributed by atoms with Crippen LogP contribution in [0, 0.1) is 0 Å². The zero-order valence-electron chi connectivity index (χ0n) is 16.1. The smallest absolute Gasteiger partial charge is 0.318 e. The third kappa shape index (κ3) is 3.82. The van der Waals surface area contributed by atoms with Crippen LogP contribution in [-0.2, 0) is 6.54 Å². The molecule has 4 rings (SSSR count). The van der Waals surface area contributed by atoms with Gasteiger partial charge in [0.1, 0.15) is 5.75 Å². The van der Waals surface area contributed by atoms with Crippen molar-refractivity contribution in [1.29, 1.82) is 0 Å². The second-order valence-electron chi connectivity index (χ2n) is 7.51. The van der Waals surface area contributed by atoms with E-state index in [9.17, 15) is 4.79 Å². The highest BCUT2D eigenvalue weighted by Gasteiger charge is 2.33. The van der Waals surface area contributed by atoms with Crippen LogP contribution < -0.4 is 10.1 Å². The van der Waals surface area contributed by atoms with Crippen molar-refractivity contribution in [3.8, 4) is 5.75 Å². The summed E-state index contributed by atoms with van der Waals surface area (Å²) in [5.41, 5.74) is 2.29. The molecule has 5 heteroatoms. The minimum Gasteiger partial charge on any atom is -0.494 e. The molecule has 2 aromatic rings. The molecular formula is C22H29N3O2. The Morgan fingerprint density at radius 1 is 1.11 bits per heavy atom. The Hall–Kier alpha value is -2.43. The topological polar surface area (TPSA) is 46.5 Å². The van der Waals surface area contributed by atoms with E-state index in [-0.39, 0.29) is 12.1 Å². The quantitative estimate of drug-likeness (QED) is 0.874. The number of carbonyl (C=O) groups is 1. The largest absolute Gasteiger partial charge is 0.494 e. The van der Waals surface area contributed by atoms with Gasteiger partial charge in [0.15, 0.2) is 0 Å². The van der Waals surface area contributed by atoms with E-state index in [0.29, 0.717) is 12.6 Å². The van der Waals surface area contributed by atoms with Crippen molar-refractivity contribution < 1.29 is 9.53 Å². The Labute approximate surface area is 161 Å². The molecule has 0 unspecified atom stereocenters. The van der Waals surface area contributed by atoms with E-state index in [4.69, 9.17) is 4.74 Å². The monoisotopic (exact) mass is 367 g/mol. The van der Waals surface area contributed by atoms with E-state index in [1.807, 2.05) is 24.0 Å². The molecule has 1 aliphatic carbocycles. The van der Waals surface area contributed by atoms with Crippen molar-refractivity contribution in [1.82, 2.24) is 14.8 Å². The first-order valence-corrected chi connectivity index (χ1v) is 10.2. The summed E-state index contributed by atoms with van der Waals surface area (Å²) in [4.78, 5) is 15.1. The molecule has 1 fully saturated rings. The van der Waals surface area contributed by atoms with Crippen molar-refractivity contribution in [3.05, 3.63) is 53.9 Å². The maximum absolute atomic E-state index is 13.1. The number of hydrogen-bond acceptors (Lipinski definition) is 2. The first-order chi connectivity index (χ1) is 13.3. The summed E-state index contributed by atoms with van der Waals surface area (Å²) in [7, 11) is 0. The lowest BCUT2D eigenvalue weighted by Gasteiger charge is -2.38. The molecule has 1 aromatic carbocycles. The minimum absolute atomic E-state index is 0.0620. The summed E-state index contributed by atoms with van der Waals surface area (Å²) < 4.78 is 7.83. The molecule has 1 aromatic heterocycles. The number of urea groups is 1. The molecule has 0 radical (unpaired) electrons. The van der Waals surface area contributed by atoms with E-state index in [1.54, 1.807) is 0 Å². The first-order valence-electron chi connectivity index (χ1n) is 10.2. The molecule has 2 aliphatic rings. The predicted octanol–water partition coefficient (Wildman–Crippen LogP) is 4.33. The van der Waals surface area contributed by atoms with Crippen molar-refractivity contribution in [3.63, 3.8) is 0 Å². The summed E-state index contributed by atoms with van der Waals surface area (Å²) in [6.07, 6.45) is 8.03. The molecule has 144 valence electrons. The van der Waals surface area contributed by atoms with Crippen LogP contribution >= 0.6 is 0 Å². The Kier molecular flexibility index (Phi) is 5.37. The SMILES string of the molecule is CCOc1ccc([C@@H]2c3cccn3CCN2C(=O)NC2CCCCC2)cc1. The number of nitrogens with one attached hydrogen (secondary N) is 1. The molecule has 27 heavy (non-hydrogen) atoms. The van der Waals surface area contributed by atoms with Crippen LogP contribution in [0.25, 0.3) is 0 Å². The van der Waals surface area contributed by atoms with Crippen LogP contribution in [-0.4, -0.2) is 34.7 Å². The standard InChI is InChI=1S/C22H29N3O2/c1-2-27-19-12-10-17(11-13-19)21-20-9-6-14-24(20)15-16-25(21)22(26)23-18-7-4-3-5-8-18/h6,9-14,18,21H,2-5,7-8,15-16H2,1H3,(H,23,26)/t21-/m1/s1. The number of rotatable bonds is 4. The highest BCUT2D eigenvalue weighted by Crippen LogP contribution is 2.33. The van der Waals surface area contributed by atoms with E-state index in [2.05, 4.69) is 40.3 Å². The molecule has 1 saturated carbocycles. The number of ether oxygens (including phenoxy) is 1. The van der Waals surface area contributed by atoms with Gasteiger partial charge in [-0.05, 0) is 49.6 Å². The van der Waals surface area contributed by atoms with Crippen LogP contribution in [0.1, 0.15) is 56.3 Å². The second-order valence-corrected chi connectivity index (χ2v) is 7.51. The molecule has 1 aliphatic heterocycles. The fourth-order valence-electron chi connectivity index (χ4n) is 4.37. The van der Waals surface area contributed by atoms with Gasteiger partial charge in [-0.25, -0.2) is 4.79 Å². The van der Waals surface area contributed by atoms with Gasteiger partial charge in [-0.2, -0.15) is 0 Å². The zero-order chi connectivity index (χ0) is 18.6. The van der Waals surface area contributed by atoms with Gasteiger partial charge < -0.3 is 19.5 Å². The maximum atomic E-state index is 13.1. The van der Waals surface area contributed by atoms with Gasteiger partial charge in [-0.15, -0.1) is 0 Å². The number of amides is 2. The van der Waals surface area contributed by atoms with Crippen molar-refractivity contribution in [2.45, 2.75) is 57.7 Å². The van der Waals surface area contributed by atoms with E-state index >= 15 is 0 Å². The van der Waals surface area contributed by atoms with E-state index in [0.717, 1.165) is 37.2 Å². The Morgan fingerprint density at radius 3 is 2.63 bits per heavy atom. The summed E-state index contributed by atoms with van der Waals surface area (Å²) >= 11 is 0. The first kappa shape index (κ1) is 18.0. The van der Waals surface area contributed by atoms with Gasteiger partial charge in [-0.1, -0.05) is 31.4 Å². The molecular weight excluding hydrogens is 338 g/mol. The van der Waals surface area contributed by atoms with Gasteiger partial charge in [0, 0.05) is 31.0 Å². The average molecular weight is 367 g/mol.